The van der Waals surface area contributed by atoms with Crippen LogP contribution in [0.1, 0.15) is 6.92 Å². The molecule has 27 heavy (non-hydrogen) atoms. The third-order valence-corrected chi connectivity index (χ3v) is 4.42. The largest absolute Gasteiger partial charge is 0.495 e. The first-order chi connectivity index (χ1) is 13.1. The maximum Gasteiger partial charge on any atom is 0.246 e. The molecule has 2 N–H and O–H groups in total. The van der Waals surface area contributed by atoms with Crippen LogP contribution in [0.2, 0.25) is 5.02 Å². The van der Waals surface area contributed by atoms with Gasteiger partial charge in [-0.15, -0.1) is 0 Å². The summed E-state index contributed by atoms with van der Waals surface area (Å²) in [5.74, 6) is 0.384. The molecular weight excluding hydrogens is 360 g/mol. The van der Waals surface area contributed by atoms with Gasteiger partial charge >= 0.3 is 0 Å². The van der Waals surface area contributed by atoms with Gasteiger partial charge in [-0.1, -0.05) is 54.1 Å². The summed E-state index contributed by atoms with van der Waals surface area (Å²) in [6.07, 6.45) is 0. The first-order valence-corrected chi connectivity index (χ1v) is 9.01. The topological polar surface area (TPSA) is 50.4 Å². The second kappa shape index (κ2) is 8.60. The van der Waals surface area contributed by atoms with E-state index in [9.17, 15) is 4.79 Å². The number of ether oxygens (including phenoxy) is 1. The monoisotopic (exact) mass is 380 g/mol. The molecule has 0 spiro atoms. The molecule has 0 bridgehead atoms. The van der Waals surface area contributed by atoms with Crippen LogP contribution in [0.4, 0.5) is 11.4 Å². The number of rotatable bonds is 6. The number of methoxy groups -OCH3 is 1. The summed E-state index contributed by atoms with van der Waals surface area (Å²) in [6.45, 7) is 1.80. The number of anilines is 2. The van der Waals surface area contributed by atoms with Crippen LogP contribution in [0, 0.1) is 0 Å². The Morgan fingerprint density at radius 3 is 2.30 bits per heavy atom. The fourth-order valence-corrected chi connectivity index (χ4v) is 2.90. The molecule has 0 saturated carbocycles. The molecule has 0 unspecified atom stereocenters. The molecular formula is C22H21ClN2O2. The highest BCUT2D eigenvalue weighted by Gasteiger charge is 2.15. The maximum absolute atomic E-state index is 12.5. The van der Waals surface area contributed by atoms with Gasteiger partial charge in [0.25, 0.3) is 0 Å². The zero-order chi connectivity index (χ0) is 19.2. The van der Waals surface area contributed by atoms with Crippen LogP contribution < -0.4 is 15.4 Å². The van der Waals surface area contributed by atoms with Crippen molar-refractivity contribution in [2.45, 2.75) is 13.0 Å². The summed E-state index contributed by atoms with van der Waals surface area (Å²) in [7, 11) is 1.55. The van der Waals surface area contributed by atoms with Gasteiger partial charge in [0.1, 0.15) is 11.8 Å². The van der Waals surface area contributed by atoms with Gasteiger partial charge in [0.2, 0.25) is 5.91 Å². The van der Waals surface area contributed by atoms with Gasteiger partial charge in [-0.05, 0) is 48.4 Å². The summed E-state index contributed by atoms with van der Waals surface area (Å²) in [5.41, 5.74) is 3.70. The molecule has 3 rings (SSSR count). The molecule has 0 saturated heterocycles. The van der Waals surface area contributed by atoms with Crippen molar-refractivity contribution in [3.05, 3.63) is 77.8 Å². The fraction of sp³-hybridized carbons (Fsp3) is 0.136. The molecule has 0 aromatic heterocycles. The third kappa shape index (κ3) is 4.80. The summed E-state index contributed by atoms with van der Waals surface area (Å²) in [4.78, 5) is 12.5. The van der Waals surface area contributed by atoms with E-state index >= 15 is 0 Å². The summed E-state index contributed by atoms with van der Waals surface area (Å²) in [6, 6.07) is 22.8. The van der Waals surface area contributed by atoms with Crippen LogP contribution >= 0.6 is 11.6 Å². The Morgan fingerprint density at radius 1 is 0.963 bits per heavy atom. The van der Waals surface area contributed by atoms with Gasteiger partial charge in [0, 0.05) is 10.7 Å². The zero-order valence-electron chi connectivity index (χ0n) is 15.2. The fourth-order valence-electron chi connectivity index (χ4n) is 2.72. The summed E-state index contributed by atoms with van der Waals surface area (Å²) in [5, 5.41) is 6.59. The van der Waals surface area contributed by atoms with E-state index in [1.807, 2.05) is 42.5 Å². The predicted octanol–water partition coefficient (Wildman–Crippen LogP) is 5.45. The van der Waals surface area contributed by atoms with Crippen molar-refractivity contribution in [2.75, 3.05) is 17.7 Å². The Kier molecular flexibility index (Phi) is 5.99. The summed E-state index contributed by atoms with van der Waals surface area (Å²) >= 11 is 6.01. The Labute approximate surface area is 164 Å². The number of carbonyl (C=O) groups is 1. The van der Waals surface area contributed by atoms with Crippen molar-refractivity contribution in [3.8, 4) is 16.9 Å². The van der Waals surface area contributed by atoms with E-state index in [1.165, 1.54) is 0 Å². The SMILES string of the molecule is COc1ccc(Cl)cc1NC(=O)[C@@H](C)Nc1ccc(-c2ccccc2)cc1. The second-order valence-electron chi connectivity index (χ2n) is 6.14. The molecule has 1 atom stereocenters. The smallest absolute Gasteiger partial charge is 0.246 e. The van der Waals surface area contributed by atoms with Gasteiger partial charge in [0.15, 0.2) is 0 Å². The molecule has 0 heterocycles. The van der Waals surface area contributed by atoms with Crippen LogP contribution in [0.3, 0.4) is 0 Å². The Balaban J connectivity index is 1.65. The third-order valence-electron chi connectivity index (χ3n) is 4.19. The number of nitrogens with one attached hydrogen (secondary N) is 2. The normalized spacial score (nSPS) is 11.5. The van der Waals surface area contributed by atoms with Crippen LogP contribution in [0.15, 0.2) is 72.8 Å². The Bertz CT molecular complexity index is 911. The standard InChI is InChI=1S/C22H21ClN2O2/c1-15(22(26)25-20-14-18(23)10-13-21(20)27-2)24-19-11-8-17(9-12-19)16-6-4-3-5-7-16/h3-15,24H,1-2H3,(H,25,26)/t15-/m1/s1. The lowest BCUT2D eigenvalue weighted by Crippen LogP contribution is -2.32. The molecule has 0 radical (unpaired) electrons. The highest BCUT2D eigenvalue weighted by Crippen LogP contribution is 2.28. The predicted molar refractivity (Wildman–Crippen MR) is 112 cm³/mol. The minimum absolute atomic E-state index is 0.178. The molecule has 138 valence electrons. The number of benzene rings is 3. The molecule has 1 amide bonds. The average Bonchev–Trinajstić information content (AvgIpc) is 2.69. The molecule has 3 aromatic rings. The number of hydrogen-bond acceptors (Lipinski definition) is 3. The van der Waals surface area contributed by atoms with Crippen molar-refractivity contribution < 1.29 is 9.53 Å². The van der Waals surface area contributed by atoms with Gasteiger partial charge in [-0.3, -0.25) is 4.79 Å². The first-order valence-electron chi connectivity index (χ1n) is 8.63. The number of carbonyl (C=O) groups excluding carboxylic acids is 1. The maximum atomic E-state index is 12.5. The Hall–Kier alpha value is -2.98. The number of halogens is 1. The van der Waals surface area contributed by atoms with Gasteiger partial charge in [0.05, 0.1) is 12.8 Å². The van der Waals surface area contributed by atoms with Crippen LogP contribution in [0.5, 0.6) is 5.75 Å². The quantitative estimate of drug-likeness (QED) is 0.597. The highest BCUT2D eigenvalue weighted by atomic mass is 35.5. The minimum atomic E-state index is -0.434. The molecule has 3 aromatic carbocycles. The van der Waals surface area contributed by atoms with Crippen LogP contribution in [-0.2, 0) is 4.79 Å². The van der Waals surface area contributed by atoms with E-state index in [4.69, 9.17) is 16.3 Å². The van der Waals surface area contributed by atoms with E-state index in [0.717, 1.165) is 16.8 Å². The lowest BCUT2D eigenvalue weighted by molar-refractivity contribution is -0.116. The van der Waals surface area contributed by atoms with Gasteiger partial charge in [-0.2, -0.15) is 0 Å². The van der Waals surface area contributed by atoms with E-state index in [-0.39, 0.29) is 5.91 Å². The van der Waals surface area contributed by atoms with E-state index in [1.54, 1.807) is 32.2 Å². The number of hydrogen-bond donors (Lipinski definition) is 2. The van der Waals surface area contributed by atoms with E-state index in [2.05, 4.69) is 22.8 Å². The van der Waals surface area contributed by atoms with Crippen molar-refractivity contribution in [1.29, 1.82) is 0 Å². The summed E-state index contributed by atoms with van der Waals surface area (Å²) < 4.78 is 5.26. The molecule has 0 aliphatic heterocycles. The van der Waals surface area contributed by atoms with Crippen molar-refractivity contribution in [3.63, 3.8) is 0 Å². The molecule has 4 nitrogen and oxygen atoms in total. The average molecular weight is 381 g/mol. The Morgan fingerprint density at radius 2 is 1.63 bits per heavy atom. The van der Waals surface area contributed by atoms with Crippen LogP contribution in [0.25, 0.3) is 11.1 Å². The first kappa shape index (κ1) is 18.8. The highest BCUT2D eigenvalue weighted by molar-refractivity contribution is 6.31. The molecule has 0 fully saturated rings. The molecule has 0 aliphatic carbocycles. The van der Waals surface area contributed by atoms with Gasteiger partial charge < -0.3 is 15.4 Å². The minimum Gasteiger partial charge on any atom is -0.495 e. The lowest BCUT2D eigenvalue weighted by Gasteiger charge is -2.17. The van der Waals surface area contributed by atoms with Crippen molar-refractivity contribution >= 4 is 28.9 Å². The zero-order valence-corrected chi connectivity index (χ0v) is 16.0. The molecule has 5 heteroatoms. The van der Waals surface area contributed by atoms with Crippen LogP contribution in [-0.4, -0.2) is 19.1 Å². The molecule has 0 aliphatic rings. The van der Waals surface area contributed by atoms with E-state index in [0.29, 0.717) is 16.5 Å². The second-order valence-corrected chi connectivity index (χ2v) is 6.58. The number of amides is 1. The van der Waals surface area contributed by atoms with Crippen molar-refractivity contribution in [1.82, 2.24) is 0 Å². The van der Waals surface area contributed by atoms with E-state index < -0.39 is 6.04 Å². The van der Waals surface area contributed by atoms with Crippen molar-refractivity contribution in [2.24, 2.45) is 0 Å². The van der Waals surface area contributed by atoms with Gasteiger partial charge in [-0.25, -0.2) is 0 Å². The lowest BCUT2D eigenvalue weighted by atomic mass is 10.1.